The number of hydrogen-bond acceptors (Lipinski definition) is 4. The highest BCUT2D eigenvalue weighted by Crippen LogP contribution is 2.35. The minimum absolute atomic E-state index is 0.150. The number of hydrogen-bond donors (Lipinski definition) is 1. The molecule has 0 bridgehead atoms. The second-order valence-electron chi connectivity index (χ2n) is 6.17. The van der Waals surface area contributed by atoms with Crippen LogP contribution in [0, 0.1) is 6.92 Å². The summed E-state index contributed by atoms with van der Waals surface area (Å²) in [7, 11) is -1.69. The molecule has 0 amide bonds. The fraction of sp³-hybridized carbons (Fsp3) is 0.389. The summed E-state index contributed by atoms with van der Waals surface area (Å²) < 4.78 is 27.8. The van der Waals surface area contributed by atoms with Crippen molar-refractivity contribution < 1.29 is 8.42 Å². The molecule has 1 saturated heterocycles. The number of nitrogens with one attached hydrogen (secondary N) is 1. The zero-order chi connectivity index (χ0) is 17.2. The minimum atomic E-state index is -3.50. The summed E-state index contributed by atoms with van der Waals surface area (Å²) in [4.78, 5) is 4.70. The molecule has 0 spiro atoms. The Kier molecular flexibility index (Phi) is 4.87. The van der Waals surface area contributed by atoms with Crippen molar-refractivity contribution in [2.75, 3.05) is 18.9 Å². The molecule has 1 atom stereocenters. The molecule has 0 aliphatic carbocycles. The van der Waals surface area contributed by atoms with Crippen LogP contribution in [-0.4, -0.2) is 31.3 Å². The molecule has 1 aliphatic rings. The molecule has 3 rings (SSSR count). The van der Waals surface area contributed by atoms with Gasteiger partial charge < -0.3 is 5.32 Å². The summed E-state index contributed by atoms with van der Waals surface area (Å²) in [6, 6.07) is 10.8. The number of piperidine rings is 1. The van der Waals surface area contributed by atoms with Gasteiger partial charge in [0.1, 0.15) is 5.82 Å². The van der Waals surface area contributed by atoms with Gasteiger partial charge in [0.25, 0.3) is 0 Å². The summed E-state index contributed by atoms with van der Waals surface area (Å²) in [6.07, 6.45) is 4.52. The monoisotopic (exact) mass is 345 g/mol. The maximum absolute atomic E-state index is 13.1. The quantitative estimate of drug-likeness (QED) is 0.923. The van der Waals surface area contributed by atoms with E-state index in [4.69, 9.17) is 0 Å². The molecule has 1 fully saturated rings. The van der Waals surface area contributed by atoms with E-state index in [9.17, 15) is 8.42 Å². The Labute approximate surface area is 143 Å². The smallest absolute Gasteiger partial charge is 0.243 e. The zero-order valence-electron chi connectivity index (χ0n) is 14.1. The molecule has 1 aromatic carbocycles. The average Bonchev–Trinajstić information content (AvgIpc) is 2.62. The van der Waals surface area contributed by atoms with Crippen LogP contribution in [0.3, 0.4) is 0 Å². The molecule has 0 saturated carbocycles. The van der Waals surface area contributed by atoms with Crippen molar-refractivity contribution in [1.29, 1.82) is 0 Å². The molecule has 1 N–H and O–H groups in total. The van der Waals surface area contributed by atoms with Gasteiger partial charge in [-0.25, -0.2) is 13.4 Å². The highest BCUT2D eigenvalue weighted by Gasteiger charge is 2.34. The Balaban J connectivity index is 1.95. The van der Waals surface area contributed by atoms with E-state index in [1.807, 2.05) is 38.2 Å². The first-order valence-electron chi connectivity index (χ1n) is 8.24. The van der Waals surface area contributed by atoms with Crippen molar-refractivity contribution in [3.05, 3.63) is 53.7 Å². The second kappa shape index (κ2) is 6.91. The summed E-state index contributed by atoms with van der Waals surface area (Å²) in [6.45, 7) is 2.50. The fourth-order valence-electron chi connectivity index (χ4n) is 3.12. The van der Waals surface area contributed by atoms with Crippen molar-refractivity contribution in [2.24, 2.45) is 0 Å². The first kappa shape index (κ1) is 16.9. The van der Waals surface area contributed by atoms with Crippen LogP contribution in [0.5, 0.6) is 0 Å². The number of benzene rings is 1. The predicted octanol–water partition coefficient (Wildman–Crippen LogP) is 3.35. The number of aromatic nitrogens is 1. The van der Waals surface area contributed by atoms with Crippen LogP contribution in [0.2, 0.25) is 0 Å². The number of aryl methyl sites for hydroxylation is 1. The fourth-order valence-corrected chi connectivity index (χ4v) is 4.80. The lowest BCUT2D eigenvalue weighted by Gasteiger charge is -2.34. The van der Waals surface area contributed by atoms with E-state index in [-0.39, 0.29) is 6.04 Å². The van der Waals surface area contributed by atoms with Gasteiger partial charge in [0.05, 0.1) is 10.9 Å². The van der Waals surface area contributed by atoms with Gasteiger partial charge in [0.2, 0.25) is 10.0 Å². The largest absolute Gasteiger partial charge is 0.373 e. The molecule has 24 heavy (non-hydrogen) atoms. The summed E-state index contributed by atoms with van der Waals surface area (Å²) in [5, 5.41) is 2.99. The van der Waals surface area contributed by atoms with Crippen molar-refractivity contribution >= 4 is 15.8 Å². The third kappa shape index (κ3) is 3.30. The van der Waals surface area contributed by atoms with Gasteiger partial charge >= 0.3 is 0 Å². The maximum Gasteiger partial charge on any atom is 0.243 e. The SMILES string of the molecule is CNc1ccc(C2CCCCN2S(=O)(=O)c2ccc(C)cc2)cn1. The highest BCUT2D eigenvalue weighted by molar-refractivity contribution is 7.89. The van der Waals surface area contributed by atoms with Crippen LogP contribution in [0.4, 0.5) is 5.82 Å². The third-order valence-electron chi connectivity index (χ3n) is 4.51. The van der Waals surface area contributed by atoms with Gasteiger partial charge in [0.15, 0.2) is 0 Å². The van der Waals surface area contributed by atoms with E-state index in [0.717, 1.165) is 36.2 Å². The van der Waals surface area contributed by atoms with Crippen molar-refractivity contribution in [3.63, 3.8) is 0 Å². The molecule has 128 valence electrons. The number of pyridine rings is 1. The van der Waals surface area contributed by atoms with Crippen molar-refractivity contribution in [2.45, 2.75) is 37.1 Å². The summed E-state index contributed by atoms with van der Waals surface area (Å²) in [5.41, 5.74) is 2.00. The standard InChI is InChI=1S/C18H23N3O2S/c1-14-6-9-16(10-7-14)24(22,23)21-12-4-3-5-17(21)15-8-11-18(19-2)20-13-15/h6-11,13,17H,3-5,12H2,1-2H3,(H,19,20). The molecule has 1 unspecified atom stereocenters. The Morgan fingerprint density at radius 1 is 1.12 bits per heavy atom. The molecule has 1 aliphatic heterocycles. The van der Waals surface area contributed by atoms with Crippen LogP contribution >= 0.6 is 0 Å². The molecule has 2 aromatic rings. The minimum Gasteiger partial charge on any atom is -0.373 e. The van der Waals surface area contributed by atoms with E-state index in [1.165, 1.54) is 0 Å². The number of anilines is 1. The lowest BCUT2D eigenvalue weighted by atomic mass is 9.99. The van der Waals surface area contributed by atoms with Crippen LogP contribution in [0.15, 0.2) is 47.5 Å². The van der Waals surface area contributed by atoms with Gasteiger partial charge in [-0.3, -0.25) is 0 Å². The summed E-state index contributed by atoms with van der Waals surface area (Å²) in [5.74, 6) is 0.780. The van der Waals surface area contributed by atoms with Crippen molar-refractivity contribution in [1.82, 2.24) is 9.29 Å². The van der Waals surface area contributed by atoms with Gasteiger partial charge in [-0.15, -0.1) is 0 Å². The molecule has 0 radical (unpaired) electrons. The lowest BCUT2D eigenvalue weighted by molar-refractivity contribution is 0.255. The molecule has 1 aromatic heterocycles. The first-order valence-corrected chi connectivity index (χ1v) is 9.68. The van der Waals surface area contributed by atoms with E-state index < -0.39 is 10.0 Å². The van der Waals surface area contributed by atoms with Gasteiger partial charge in [0, 0.05) is 19.8 Å². The van der Waals surface area contributed by atoms with E-state index in [2.05, 4.69) is 10.3 Å². The molecular weight excluding hydrogens is 322 g/mol. The molecule has 2 heterocycles. The van der Waals surface area contributed by atoms with E-state index >= 15 is 0 Å². The van der Waals surface area contributed by atoms with E-state index in [1.54, 1.807) is 22.6 Å². The van der Waals surface area contributed by atoms with Crippen molar-refractivity contribution in [3.8, 4) is 0 Å². The predicted molar refractivity (Wildman–Crippen MR) is 95.4 cm³/mol. The van der Waals surface area contributed by atoms with Gasteiger partial charge in [-0.05, 0) is 43.5 Å². The Bertz CT molecular complexity index is 786. The van der Waals surface area contributed by atoms with Gasteiger partial charge in [-0.2, -0.15) is 4.31 Å². The Hall–Kier alpha value is -1.92. The van der Waals surface area contributed by atoms with Crippen LogP contribution in [0.1, 0.15) is 36.4 Å². The van der Waals surface area contributed by atoms with Crippen LogP contribution in [-0.2, 0) is 10.0 Å². The average molecular weight is 345 g/mol. The number of sulfonamides is 1. The zero-order valence-corrected chi connectivity index (χ0v) is 14.9. The van der Waals surface area contributed by atoms with Gasteiger partial charge in [-0.1, -0.05) is 30.2 Å². The molecule has 5 nitrogen and oxygen atoms in total. The second-order valence-corrected chi connectivity index (χ2v) is 8.06. The lowest BCUT2D eigenvalue weighted by Crippen LogP contribution is -2.38. The topological polar surface area (TPSA) is 62.3 Å². The highest BCUT2D eigenvalue weighted by atomic mass is 32.2. The van der Waals surface area contributed by atoms with E-state index in [0.29, 0.717) is 11.4 Å². The summed E-state index contributed by atoms with van der Waals surface area (Å²) >= 11 is 0. The normalized spacial score (nSPS) is 19.2. The van der Waals surface area contributed by atoms with Crippen LogP contribution < -0.4 is 5.32 Å². The molecular formula is C18H23N3O2S. The Morgan fingerprint density at radius 3 is 2.50 bits per heavy atom. The third-order valence-corrected chi connectivity index (χ3v) is 6.43. The van der Waals surface area contributed by atoms with Crippen LogP contribution in [0.25, 0.3) is 0 Å². The number of rotatable bonds is 4. The Morgan fingerprint density at radius 2 is 1.88 bits per heavy atom. The maximum atomic E-state index is 13.1. The molecule has 6 heteroatoms. The first-order chi connectivity index (χ1) is 11.5. The number of nitrogens with zero attached hydrogens (tertiary/aromatic N) is 2.